The average Bonchev–Trinajstić information content (AvgIpc) is 2.77. The van der Waals surface area contributed by atoms with Crippen LogP contribution in [0.3, 0.4) is 0 Å². The maximum absolute atomic E-state index is 12.0. The van der Waals surface area contributed by atoms with E-state index < -0.39 is 5.97 Å². The third kappa shape index (κ3) is 2.82. The molecule has 0 unspecified atom stereocenters. The van der Waals surface area contributed by atoms with E-state index in [0.717, 1.165) is 5.56 Å². The first-order valence-electron chi connectivity index (χ1n) is 5.67. The zero-order chi connectivity index (χ0) is 14.0. The van der Waals surface area contributed by atoms with Crippen molar-refractivity contribution in [3.63, 3.8) is 0 Å². The van der Waals surface area contributed by atoms with Gasteiger partial charge in [-0.15, -0.1) is 0 Å². The second kappa shape index (κ2) is 5.24. The Kier molecular flexibility index (Phi) is 3.66. The van der Waals surface area contributed by atoms with Crippen molar-refractivity contribution in [1.82, 2.24) is 0 Å². The van der Waals surface area contributed by atoms with E-state index in [1.54, 1.807) is 24.4 Å². The summed E-state index contributed by atoms with van der Waals surface area (Å²) in [5.41, 5.74) is 2.87. The molecule has 5 heteroatoms. The van der Waals surface area contributed by atoms with Gasteiger partial charge in [-0.2, -0.15) is 11.3 Å². The molecule has 19 heavy (non-hydrogen) atoms. The minimum Gasteiger partial charge on any atom is -0.478 e. The molecule has 0 aliphatic carbocycles. The van der Waals surface area contributed by atoms with Gasteiger partial charge in [0.15, 0.2) is 0 Å². The normalized spacial score (nSPS) is 10.2. The van der Waals surface area contributed by atoms with Crippen LogP contribution in [0.15, 0.2) is 29.0 Å². The van der Waals surface area contributed by atoms with Crippen LogP contribution in [0.5, 0.6) is 0 Å². The molecule has 2 rings (SSSR count). The van der Waals surface area contributed by atoms with Crippen LogP contribution in [-0.2, 0) is 0 Å². The van der Waals surface area contributed by atoms with Crippen molar-refractivity contribution in [2.75, 3.05) is 5.32 Å². The number of hydrogen-bond acceptors (Lipinski definition) is 3. The summed E-state index contributed by atoms with van der Waals surface area (Å²) < 4.78 is 0. The number of thiophene rings is 1. The Morgan fingerprint density at radius 1 is 1.11 bits per heavy atom. The average molecular weight is 275 g/mol. The molecule has 0 bridgehead atoms. The molecule has 1 aromatic heterocycles. The van der Waals surface area contributed by atoms with Gasteiger partial charge in [0, 0.05) is 11.1 Å². The third-order valence-corrected chi connectivity index (χ3v) is 3.69. The fraction of sp³-hybridized carbons (Fsp3) is 0.143. The van der Waals surface area contributed by atoms with Gasteiger partial charge in [-0.25, -0.2) is 4.79 Å². The topological polar surface area (TPSA) is 66.4 Å². The molecule has 4 nitrogen and oxygen atoms in total. The van der Waals surface area contributed by atoms with Gasteiger partial charge in [0.25, 0.3) is 5.91 Å². The Bertz CT molecular complexity index is 646. The van der Waals surface area contributed by atoms with Crippen LogP contribution >= 0.6 is 11.3 Å². The van der Waals surface area contributed by atoms with Gasteiger partial charge in [0.05, 0.1) is 11.1 Å². The van der Waals surface area contributed by atoms with Crippen LogP contribution in [0.2, 0.25) is 0 Å². The van der Waals surface area contributed by atoms with E-state index in [2.05, 4.69) is 5.32 Å². The van der Waals surface area contributed by atoms with Gasteiger partial charge in [0.2, 0.25) is 0 Å². The third-order valence-electron chi connectivity index (χ3n) is 2.83. The number of carbonyl (C=O) groups excluding carboxylic acids is 1. The molecule has 0 aliphatic heterocycles. The number of aryl methyl sites for hydroxylation is 2. The zero-order valence-corrected chi connectivity index (χ0v) is 11.4. The fourth-order valence-corrected chi connectivity index (χ4v) is 2.55. The predicted molar refractivity (Wildman–Crippen MR) is 75.1 cm³/mol. The van der Waals surface area contributed by atoms with E-state index in [4.69, 9.17) is 5.11 Å². The molecule has 0 fully saturated rings. The second-order valence-electron chi connectivity index (χ2n) is 4.26. The van der Waals surface area contributed by atoms with Crippen LogP contribution in [0, 0.1) is 13.8 Å². The molecule has 2 N–H and O–H groups in total. The number of carbonyl (C=O) groups is 2. The SMILES string of the molecule is Cc1ccc(NC(=O)c2cscc2C)cc1C(=O)O. The molecule has 1 aromatic carbocycles. The van der Waals surface area contributed by atoms with Crippen molar-refractivity contribution in [1.29, 1.82) is 0 Å². The summed E-state index contributed by atoms with van der Waals surface area (Å²) in [6, 6.07) is 4.85. The molecule has 0 radical (unpaired) electrons. The van der Waals surface area contributed by atoms with Gasteiger partial charge in [0.1, 0.15) is 0 Å². The lowest BCUT2D eigenvalue weighted by atomic mass is 10.1. The highest BCUT2D eigenvalue weighted by Gasteiger charge is 2.12. The van der Waals surface area contributed by atoms with Gasteiger partial charge < -0.3 is 10.4 Å². The smallest absolute Gasteiger partial charge is 0.336 e. The Hall–Kier alpha value is -2.14. The molecule has 0 spiro atoms. The lowest BCUT2D eigenvalue weighted by molar-refractivity contribution is 0.0695. The molecule has 0 saturated carbocycles. The van der Waals surface area contributed by atoms with Gasteiger partial charge in [-0.3, -0.25) is 4.79 Å². The first-order chi connectivity index (χ1) is 8.99. The standard InChI is InChI=1S/C14H13NO3S/c1-8-3-4-10(5-11(8)14(17)18)15-13(16)12-7-19-6-9(12)2/h3-7H,1-2H3,(H,15,16)(H,17,18). The van der Waals surface area contributed by atoms with E-state index in [0.29, 0.717) is 16.8 Å². The highest BCUT2D eigenvalue weighted by Crippen LogP contribution is 2.19. The summed E-state index contributed by atoms with van der Waals surface area (Å²) in [5, 5.41) is 15.4. The Morgan fingerprint density at radius 2 is 1.84 bits per heavy atom. The van der Waals surface area contributed by atoms with Crippen molar-refractivity contribution < 1.29 is 14.7 Å². The minimum atomic E-state index is -1.000. The monoisotopic (exact) mass is 275 g/mol. The van der Waals surface area contributed by atoms with E-state index in [1.807, 2.05) is 12.3 Å². The minimum absolute atomic E-state index is 0.194. The Morgan fingerprint density at radius 3 is 2.42 bits per heavy atom. The number of benzene rings is 1. The number of anilines is 1. The lowest BCUT2D eigenvalue weighted by Crippen LogP contribution is -2.13. The molecule has 2 aromatic rings. The summed E-state index contributed by atoms with van der Waals surface area (Å²) in [6.07, 6.45) is 0. The van der Waals surface area contributed by atoms with Crippen molar-refractivity contribution in [2.45, 2.75) is 13.8 Å². The highest BCUT2D eigenvalue weighted by atomic mass is 32.1. The molecule has 98 valence electrons. The number of nitrogens with one attached hydrogen (secondary N) is 1. The first-order valence-corrected chi connectivity index (χ1v) is 6.61. The molecular formula is C14H13NO3S. The van der Waals surface area contributed by atoms with Crippen LogP contribution < -0.4 is 5.32 Å². The Balaban J connectivity index is 2.25. The van der Waals surface area contributed by atoms with Gasteiger partial charge in [-0.1, -0.05) is 6.07 Å². The van der Waals surface area contributed by atoms with E-state index >= 15 is 0 Å². The van der Waals surface area contributed by atoms with Crippen molar-refractivity contribution in [3.8, 4) is 0 Å². The number of aromatic carboxylic acids is 1. The molecule has 1 heterocycles. The quantitative estimate of drug-likeness (QED) is 0.903. The van der Waals surface area contributed by atoms with Crippen LogP contribution in [0.4, 0.5) is 5.69 Å². The summed E-state index contributed by atoms with van der Waals surface area (Å²) in [7, 11) is 0. The lowest BCUT2D eigenvalue weighted by Gasteiger charge is -2.07. The number of carboxylic acid groups (broad SMARTS) is 1. The Labute approximate surface area is 114 Å². The summed E-state index contributed by atoms with van der Waals surface area (Å²) >= 11 is 1.46. The second-order valence-corrected chi connectivity index (χ2v) is 5.00. The van der Waals surface area contributed by atoms with Crippen LogP contribution in [-0.4, -0.2) is 17.0 Å². The molecule has 0 saturated heterocycles. The van der Waals surface area contributed by atoms with Crippen LogP contribution in [0.25, 0.3) is 0 Å². The van der Waals surface area contributed by atoms with Gasteiger partial charge in [-0.05, 0) is 42.5 Å². The fourth-order valence-electron chi connectivity index (χ4n) is 1.72. The molecule has 0 aliphatic rings. The van der Waals surface area contributed by atoms with Crippen molar-refractivity contribution in [3.05, 3.63) is 51.2 Å². The van der Waals surface area contributed by atoms with Crippen molar-refractivity contribution in [2.24, 2.45) is 0 Å². The van der Waals surface area contributed by atoms with E-state index in [-0.39, 0.29) is 11.5 Å². The first kappa shape index (κ1) is 13.3. The zero-order valence-electron chi connectivity index (χ0n) is 10.6. The number of amides is 1. The number of hydrogen-bond donors (Lipinski definition) is 2. The number of carboxylic acids is 1. The number of rotatable bonds is 3. The van der Waals surface area contributed by atoms with E-state index in [1.165, 1.54) is 17.4 Å². The summed E-state index contributed by atoms with van der Waals surface area (Å²) in [6.45, 7) is 3.58. The maximum atomic E-state index is 12.0. The predicted octanol–water partition coefficient (Wildman–Crippen LogP) is 3.32. The molecular weight excluding hydrogens is 262 g/mol. The highest BCUT2D eigenvalue weighted by molar-refractivity contribution is 7.08. The van der Waals surface area contributed by atoms with Gasteiger partial charge >= 0.3 is 5.97 Å². The van der Waals surface area contributed by atoms with Crippen molar-refractivity contribution >= 4 is 28.9 Å². The van der Waals surface area contributed by atoms with E-state index in [9.17, 15) is 9.59 Å². The summed E-state index contributed by atoms with van der Waals surface area (Å²) in [4.78, 5) is 23.0. The maximum Gasteiger partial charge on any atom is 0.336 e. The summed E-state index contributed by atoms with van der Waals surface area (Å²) in [5.74, 6) is -1.22. The largest absolute Gasteiger partial charge is 0.478 e. The molecule has 0 atom stereocenters. The molecule has 1 amide bonds. The van der Waals surface area contributed by atoms with Crippen LogP contribution in [0.1, 0.15) is 31.8 Å².